The van der Waals surface area contributed by atoms with Gasteiger partial charge in [-0.05, 0) is 29.8 Å². The van der Waals surface area contributed by atoms with E-state index < -0.39 is 5.82 Å². The summed E-state index contributed by atoms with van der Waals surface area (Å²) in [5, 5.41) is 9.48. The summed E-state index contributed by atoms with van der Waals surface area (Å²) >= 11 is 0. The molecule has 3 heteroatoms. The normalized spacial score (nSPS) is 10.1. The van der Waals surface area contributed by atoms with E-state index in [9.17, 15) is 9.50 Å². The first-order valence-corrected chi connectivity index (χ1v) is 4.16. The molecule has 2 rings (SSSR count). The number of pyridine rings is 1. The fourth-order valence-corrected chi connectivity index (χ4v) is 1.28. The molecule has 0 unspecified atom stereocenters. The van der Waals surface area contributed by atoms with E-state index in [0.29, 0.717) is 5.56 Å². The van der Waals surface area contributed by atoms with Crippen LogP contribution in [-0.2, 0) is 0 Å². The predicted octanol–water partition coefficient (Wildman–Crippen LogP) is 2.59. The van der Waals surface area contributed by atoms with E-state index in [1.165, 1.54) is 6.07 Å². The van der Waals surface area contributed by atoms with Crippen molar-refractivity contribution >= 4 is 0 Å². The molecule has 0 aliphatic rings. The van der Waals surface area contributed by atoms with E-state index in [0.717, 1.165) is 11.6 Å². The number of hydrogen-bond acceptors (Lipinski definition) is 2. The quantitative estimate of drug-likeness (QED) is 0.747. The highest BCUT2D eigenvalue weighted by Crippen LogP contribution is 2.28. The maximum atomic E-state index is 12.7. The Balaban J connectivity index is 2.53. The highest BCUT2D eigenvalue weighted by Gasteiger charge is 2.04. The Morgan fingerprint density at radius 2 is 1.79 bits per heavy atom. The van der Waals surface area contributed by atoms with Crippen molar-refractivity contribution in [1.29, 1.82) is 0 Å². The molecule has 0 saturated carbocycles. The van der Waals surface area contributed by atoms with E-state index in [2.05, 4.69) is 4.98 Å². The summed E-state index contributed by atoms with van der Waals surface area (Å²) in [5.74, 6) is -0.503. The SMILES string of the molecule is Oc1cc(F)ccc1-c1ccncc1. The minimum absolute atomic E-state index is 0.0591. The van der Waals surface area contributed by atoms with Crippen LogP contribution in [0.3, 0.4) is 0 Å². The minimum atomic E-state index is -0.444. The lowest BCUT2D eigenvalue weighted by Gasteiger charge is -2.03. The molecular formula is C11H8FNO. The Hall–Kier alpha value is -1.90. The highest BCUT2D eigenvalue weighted by molar-refractivity contribution is 5.69. The standard InChI is InChI=1S/C11H8FNO/c12-9-1-2-10(11(14)7-9)8-3-5-13-6-4-8/h1-7,14H. The molecule has 2 aromatic rings. The van der Waals surface area contributed by atoms with Crippen molar-refractivity contribution in [2.24, 2.45) is 0 Å². The van der Waals surface area contributed by atoms with Crippen molar-refractivity contribution in [2.45, 2.75) is 0 Å². The monoisotopic (exact) mass is 189 g/mol. The summed E-state index contributed by atoms with van der Waals surface area (Å²) in [4.78, 5) is 3.86. The van der Waals surface area contributed by atoms with Crippen molar-refractivity contribution in [3.63, 3.8) is 0 Å². The third-order valence-electron chi connectivity index (χ3n) is 1.95. The number of phenolic OH excluding ortho intramolecular Hbond substituents is 1. The van der Waals surface area contributed by atoms with Crippen molar-refractivity contribution in [2.75, 3.05) is 0 Å². The fraction of sp³-hybridized carbons (Fsp3) is 0. The van der Waals surface area contributed by atoms with Crippen molar-refractivity contribution in [1.82, 2.24) is 4.98 Å². The molecule has 1 heterocycles. The molecule has 1 aromatic heterocycles. The largest absolute Gasteiger partial charge is 0.507 e. The van der Waals surface area contributed by atoms with Gasteiger partial charge in [0.1, 0.15) is 11.6 Å². The molecule has 0 amide bonds. The van der Waals surface area contributed by atoms with Gasteiger partial charge in [-0.2, -0.15) is 0 Å². The first-order chi connectivity index (χ1) is 6.77. The Kier molecular flexibility index (Phi) is 2.14. The van der Waals surface area contributed by atoms with Gasteiger partial charge in [-0.3, -0.25) is 4.98 Å². The molecule has 0 fully saturated rings. The molecule has 2 nitrogen and oxygen atoms in total. The van der Waals surface area contributed by atoms with Crippen LogP contribution in [0.4, 0.5) is 4.39 Å². The van der Waals surface area contributed by atoms with Crippen molar-refractivity contribution in [3.8, 4) is 16.9 Å². The zero-order chi connectivity index (χ0) is 9.97. The van der Waals surface area contributed by atoms with Crippen molar-refractivity contribution < 1.29 is 9.50 Å². The number of nitrogens with zero attached hydrogens (tertiary/aromatic N) is 1. The van der Waals surface area contributed by atoms with Gasteiger partial charge in [-0.25, -0.2) is 4.39 Å². The van der Waals surface area contributed by atoms with Crippen LogP contribution < -0.4 is 0 Å². The molecule has 0 aliphatic heterocycles. The average molecular weight is 189 g/mol. The second kappa shape index (κ2) is 3.46. The summed E-state index contributed by atoms with van der Waals surface area (Å²) in [6, 6.07) is 7.46. The van der Waals surface area contributed by atoms with Gasteiger partial charge in [0.15, 0.2) is 0 Å². The second-order valence-electron chi connectivity index (χ2n) is 2.90. The smallest absolute Gasteiger partial charge is 0.126 e. The van der Waals surface area contributed by atoms with E-state index in [-0.39, 0.29) is 5.75 Å². The lowest BCUT2D eigenvalue weighted by molar-refractivity contribution is 0.471. The molecular weight excluding hydrogens is 181 g/mol. The van der Waals surface area contributed by atoms with Gasteiger partial charge in [0, 0.05) is 24.0 Å². The Bertz CT molecular complexity index is 442. The molecule has 1 N–H and O–H groups in total. The number of rotatable bonds is 1. The van der Waals surface area contributed by atoms with Crippen LogP contribution in [-0.4, -0.2) is 10.1 Å². The van der Waals surface area contributed by atoms with Gasteiger partial charge in [0.05, 0.1) is 0 Å². The van der Waals surface area contributed by atoms with Crippen LogP contribution in [0.25, 0.3) is 11.1 Å². The number of halogens is 1. The number of phenols is 1. The second-order valence-corrected chi connectivity index (χ2v) is 2.90. The molecule has 14 heavy (non-hydrogen) atoms. The molecule has 1 aromatic carbocycles. The van der Waals surface area contributed by atoms with Gasteiger partial charge in [-0.15, -0.1) is 0 Å². The van der Waals surface area contributed by atoms with Gasteiger partial charge < -0.3 is 5.11 Å². The molecule has 0 spiro atoms. The van der Waals surface area contributed by atoms with Crippen LogP contribution >= 0.6 is 0 Å². The third kappa shape index (κ3) is 1.57. The Labute approximate surface area is 80.7 Å². The number of hydrogen-bond donors (Lipinski definition) is 1. The van der Waals surface area contributed by atoms with E-state index in [4.69, 9.17) is 0 Å². The number of aromatic hydroxyl groups is 1. The van der Waals surface area contributed by atoms with Gasteiger partial charge >= 0.3 is 0 Å². The summed E-state index contributed by atoms with van der Waals surface area (Å²) in [7, 11) is 0. The maximum Gasteiger partial charge on any atom is 0.126 e. The molecule has 0 saturated heterocycles. The van der Waals surface area contributed by atoms with Crippen LogP contribution in [0.15, 0.2) is 42.7 Å². The molecule has 0 aliphatic carbocycles. The fourth-order valence-electron chi connectivity index (χ4n) is 1.28. The van der Waals surface area contributed by atoms with Gasteiger partial charge in [0.25, 0.3) is 0 Å². The third-order valence-corrected chi connectivity index (χ3v) is 1.95. The first kappa shape index (κ1) is 8.69. The van der Waals surface area contributed by atoms with Gasteiger partial charge in [0.2, 0.25) is 0 Å². The molecule has 0 bridgehead atoms. The zero-order valence-electron chi connectivity index (χ0n) is 7.31. The van der Waals surface area contributed by atoms with Crippen LogP contribution in [0.5, 0.6) is 5.75 Å². The van der Waals surface area contributed by atoms with Crippen LogP contribution in [0, 0.1) is 5.82 Å². The van der Waals surface area contributed by atoms with Gasteiger partial charge in [-0.1, -0.05) is 0 Å². The highest BCUT2D eigenvalue weighted by atomic mass is 19.1. The molecule has 70 valence electrons. The van der Waals surface area contributed by atoms with E-state index in [1.54, 1.807) is 30.6 Å². The lowest BCUT2D eigenvalue weighted by atomic mass is 10.1. The summed E-state index contributed by atoms with van der Waals surface area (Å²) in [6.45, 7) is 0. The molecule has 0 atom stereocenters. The number of benzene rings is 1. The predicted molar refractivity (Wildman–Crippen MR) is 51.3 cm³/mol. The number of aromatic nitrogens is 1. The maximum absolute atomic E-state index is 12.7. The summed E-state index contributed by atoms with van der Waals surface area (Å²) in [6.07, 6.45) is 3.25. The minimum Gasteiger partial charge on any atom is -0.507 e. The topological polar surface area (TPSA) is 33.1 Å². The van der Waals surface area contributed by atoms with Crippen LogP contribution in [0.2, 0.25) is 0 Å². The zero-order valence-corrected chi connectivity index (χ0v) is 7.31. The Morgan fingerprint density at radius 1 is 1.07 bits per heavy atom. The first-order valence-electron chi connectivity index (χ1n) is 4.16. The summed E-state index contributed by atoms with van der Waals surface area (Å²) < 4.78 is 12.7. The van der Waals surface area contributed by atoms with Crippen molar-refractivity contribution in [3.05, 3.63) is 48.5 Å². The summed E-state index contributed by atoms with van der Waals surface area (Å²) in [5.41, 5.74) is 1.42. The van der Waals surface area contributed by atoms with E-state index in [1.807, 2.05) is 0 Å². The van der Waals surface area contributed by atoms with E-state index >= 15 is 0 Å². The van der Waals surface area contributed by atoms with Crippen LogP contribution in [0.1, 0.15) is 0 Å². The molecule has 0 radical (unpaired) electrons. The Morgan fingerprint density at radius 3 is 2.43 bits per heavy atom. The average Bonchev–Trinajstić information content (AvgIpc) is 2.19. The lowest BCUT2D eigenvalue weighted by Crippen LogP contribution is -1.81.